The number of aromatic nitrogens is 1. The van der Waals surface area contributed by atoms with Gasteiger partial charge in [-0.25, -0.2) is 4.79 Å². The summed E-state index contributed by atoms with van der Waals surface area (Å²) in [5.41, 5.74) is 8.08. The monoisotopic (exact) mass is 220 g/mol. The first-order valence-electron chi connectivity index (χ1n) is 5.47. The van der Waals surface area contributed by atoms with E-state index < -0.39 is 0 Å². The van der Waals surface area contributed by atoms with Gasteiger partial charge in [-0.1, -0.05) is 6.07 Å². The van der Waals surface area contributed by atoms with Crippen molar-refractivity contribution < 1.29 is 4.42 Å². The van der Waals surface area contributed by atoms with Gasteiger partial charge >= 0.3 is 5.76 Å². The summed E-state index contributed by atoms with van der Waals surface area (Å²) < 4.78 is 6.87. The predicted octanol–water partition coefficient (Wildman–Crippen LogP) is 1.68. The van der Waals surface area contributed by atoms with Crippen LogP contribution in [0.2, 0.25) is 0 Å². The summed E-state index contributed by atoms with van der Waals surface area (Å²) in [6, 6.07) is 5.91. The topological polar surface area (TPSA) is 61.2 Å². The molecule has 0 radical (unpaired) electrons. The lowest BCUT2D eigenvalue weighted by molar-refractivity contribution is 0.478. The minimum absolute atomic E-state index is 0.106. The molecule has 0 fully saturated rings. The summed E-state index contributed by atoms with van der Waals surface area (Å²) in [6.45, 7) is 4.52. The lowest BCUT2D eigenvalue weighted by Gasteiger charge is -2.05. The van der Waals surface area contributed by atoms with Gasteiger partial charge in [0.15, 0.2) is 5.58 Å². The fourth-order valence-corrected chi connectivity index (χ4v) is 1.89. The average Bonchev–Trinajstić information content (AvgIpc) is 2.53. The Balaban J connectivity index is 2.61. The molecule has 0 unspecified atom stereocenters. The number of hydrogen-bond donors (Lipinski definition) is 1. The van der Waals surface area contributed by atoms with Crippen LogP contribution in [0.4, 0.5) is 0 Å². The molecule has 1 heterocycles. The van der Waals surface area contributed by atoms with Crippen molar-refractivity contribution in [3.05, 3.63) is 34.3 Å². The van der Waals surface area contributed by atoms with E-state index in [1.54, 1.807) is 4.57 Å². The van der Waals surface area contributed by atoms with Gasteiger partial charge in [-0.2, -0.15) is 0 Å². The number of nitrogens with zero attached hydrogens (tertiary/aromatic N) is 1. The summed E-state index contributed by atoms with van der Waals surface area (Å²) in [5, 5.41) is 0. The second-order valence-electron chi connectivity index (χ2n) is 4.17. The zero-order chi connectivity index (χ0) is 11.7. The van der Waals surface area contributed by atoms with Crippen LogP contribution in [0.15, 0.2) is 27.4 Å². The first-order valence-corrected chi connectivity index (χ1v) is 5.47. The first-order chi connectivity index (χ1) is 7.63. The fourth-order valence-electron chi connectivity index (χ4n) is 1.89. The van der Waals surface area contributed by atoms with Crippen LogP contribution in [-0.4, -0.2) is 11.1 Å². The second kappa shape index (κ2) is 4.14. The molecular formula is C12H16N2O2. The molecule has 0 saturated heterocycles. The molecule has 0 spiro atoms. The van der Waals surface area contributed by atoms with Crippen molar-refractivity contribution in [2.75, 3.05) is 6.54 Å². The molecule has 0 atom stereocenters. The number of nitrogens with two attached hydrogens (primary N) is 1. The van der Waals surface area contributed by atoms with Crippen molar-refractivity contribution in [3.8, 4) is 0 Å². The number of fused-ring (bicyclic) bond motifs is 1. The van der Waals surface area contributed by atoms with Gasteiger partial charge < -0.3 is 10.2 Å². The van der Waals surface area contributed by atoms with Crippen LogP contribution < -0.4 is 11.5 Å². The smallest absolute Gasteiger partial charge is 0.408 e. The number of hydrogen-bond acceptors (Lipinski definition) is 3. The zero-order valence-corrected chi connectivity index (χ0v) is 9.56. The lowest BCUT2D eigenvalue weighted by atomic mass is 10.1. The molecule has 0 aliphatic heterocycles. The third-order valence-electron chi connectivity index (χ3n) is 2.63. The minimum Gasteiger partial charge on any atom is -0.408 e. The van der Waals surface area contributed by atoms with Crippen LogP contribution in [0, 0.1) is 0 Å². The molecule has 0 aliphatic carbocycles. The van der Waals surface area contributed by atoms with E-state index in [-0.39, 0.29) is 11.8 Å². The molecule has 0 saturated carbocycles. The van der Waals surface area contributed by atoms with Crippen LogP contribution in [0.3, 0.4) is 0 Å². The average molecular weight is 220 g/mol. The van der Waals surface area contributed by atoms with Gasteiger partial charge in [0, 0.05) is 6.04 Å². The van der Waals surface area contributed by atoms with E-state index in [2.05, 4.69) is 0 Å². The van der Waals surface area contributed by atoms with E-state index in [0.29, 0.717) is 12.1 Å². The minimum atomic E-state index is -0.296. The third-order valence-corrected chi connectivity index (χ3v) is 2.63. The van der Waals surface area contributed by atoms with Crippen molar-refractivity contribution in [2.24, 2.45) is 5.73 Å². The van der Waals surface area contributed by atoms with Crippen molar-refractivity contribution in [1.29, 1.82) is 0 Å². The van der Waals surface area contributed by atoms with Crippen LogP contribution in [0.1, 0.15) is 25.5 Å². The van der Waals surface area contributed by atoms with Crippen molar-refractivity contribution in [1.82, 2.24) is 4.57 Å². The predicted molar refractivity (Wildman–Crippen MR) is 63.6 cm³/mol. The molecule has 0 aliphatic rings. The van der Waals surface area contributed by atoms with Crippen LogP contribution in [0.5, 0.6) is 0 Å². The maximum atomic E-state index is 11.6. The Morgan fingerprint density at radius 3 is 2.81 bits per heavy atom. The second-order valence-corrected chi connectivity index (χ2v) is 4.17. The van der Waals surface area contributed by atoms with Gasteiger partial charge in [-0.3, -0.25) is 4.57 Å². The van der Waals surface area contributed by atoms with E-state index >= 15 is 0 Å². The van der Waals surface area contributed by atoms with Gasteiger partial charge in [-0.05, 0) is 44.5 Å². The Morgan fingerprint density at radius 1 is 1.44 bits per heavy atom. The highest BCUT2D eigenvalue weighted by Crippen LogP contribution is 2.18. The van der Waals surface area contributed by atoms with Gasteiger partial charge in [0.1, 0.15) is 0 Å². The lowest BCUT2D eigenvalue weighted by Crippen LogP contribution is -2.15. The number of benzene rings is 1. The number of rotatable bonds is 3. The van der Waals surface area contributed by atoms with E-state index in [0.717, 1.165) is 17.5 Å². The van der Waals surface area contributed by atoms with E-state index in [4.69, 9.17) is 10.2 Å². The molecule has 2 aromatic rings. The van der Waals surface area contributed by atoms with Crippen molar-refractivity contribution >= 4 is 11.1 Å². The Kier molecular flexibility index (Phi) is 2.83. The Morgan fingerprint density at radius 2 is 2.19 bits per heavy atom. The summed E-state index contributed by atoms with van der Waals surface area (Å²) in [4.78, 5) is 11.6. The third kappa shape index (κ3) is 1.76. The van der Waals surface area contributed by atoms with Crippen LogP contribution in [0.25, 0.3) is 11.1 Å². The molecule has 1 aromatic heterocycles. The molecule has 4 heteroatoms. The molecule has 0 bridgehead atoms. The highest BCUT2D eigenvalue weighted by Gasteiger charge is 2.11. The normalized spacial score (nSPS) is 11.5. The summed E-state index contributed by atoms with van der Waals surface area (Å²) in [6.07, 6.45) is 0.798. The van der Waals surface area contributed by atoms with Crippen LogP contribution in [-0.2, 0) is 6.42 Å². The first kappa shape index (κ1) is 11.0. The quantitative estimate of drug-likeness (QED) is 0.856. The van der Waals surface area contributed by atoms with E-state index in [9.17, 15) is 4.79 Å². The molecule has 2 N–H and O–H groups in total. The molecule has 2 rings (SSSR count). The largest absolute Gasteiger partial charge is 0.420 e. The molecule has 1 aromatic carbocycles. The Bertz CT molecular complexity index is 552. The van der Waals surface area contributed by atoms with Gasteiger partial charge in [-0.15, -0.1) is 0 Å². The fraction of sp³-hybridized carbons (Fsp3) is 0.417. The van der Waals surface area contributed by atoms with Gasteiger partial charge in [0.2, 0.25) is 0 Å². The Hall–Kier alpha value is -1.55. The van der Waals surface area contributed by atoms with E-state index in [1.165, 1.54) is 0 Å². The molecule has 0 amide bonds. The maximum absolute atomic E-state index is 11.6. The van der Waals surface area contributed by atoms with Gasteiger partial charge in [0.25, 0.3) is 0 Å². The summed E-state index contributed by atoms with van der Waals surface area (Å²) in [5.74, 6) is -0.296. The standard InChI is InChI=1S/C12H16N2O2/c1-8(2)14-10-4-3-9(5-6-13)7-11(10)16-12(14)15/h3-4,7-8H,5-6,13H2,1-2H3. The highest BCUT2D eigenvalue weighted by molar-refractivity contribution is 5.73. The van der Waals surface area contributed by atoms with Gasteiger partial charge in [0.05, 0.1) is 5.52 Å². The van der Waals surface area contributed by atoms with E-state index in [1.807, 2.05) is 32.0 Å². The molecule has 86 valence electrons. The highest BCUT2D eigenvalue weighted by atomic mass is 16.4. The Labute approximate surface area is 93.7 Å². The zero-order valence-electron chi connectivity index (χ0n) is 9.56. The van der Waals surface area contributed by atoms with Crippen molar-refractivity contribution in [2.45, 2.75) is 26.3 Å². The molecule has 16 heavy (non-hydrogen) atoms. The molecular weight excluding hydrogens is 204 g/mol. The summed E-state index contributed by atoms with van der Waals surface area (Å²) in [7, 11) is 0. The SMILES string of the molecule is CC(C)n1c(=O)oc2cc(CCN)ccc21. The molecule has 4 nitrogen and oxygen atoms in total. The number of oxazole rings is 1. The van der Waals surface area contributed by atoms with Crippen LogP contribution >= 0.6 is 0 Å². The summed E-state index contributed by atoms with van der Waals surface area (Å²) >= 11 is 0. The maximum Gasteiger partial charge on any atom is 0.420 e. The van der Waals surface area contributed by atoms with Crippen molar-refractivity contribution in [3.63, 3.8) is 0 Å².